The van der Waals surface area contributed by atoms with Gasteiger partial charge in [-0.1, -0.05) is 74.0 Å². The van der Waals surface area contributed by atoms with Crippen LogP contribution in [0.5, 0.6) is 0 Å². The molecule has 186 valence electrons. The molecule has 8 heteroatoms. The molecular formula is C27H32N2O5S. The lowest BCUT2D eigenvalue weighted by atomic mass is 9.95. The average molecular weight is 497 g/mol. The van der Waals surface area contributed by atoms with E-state index in [0.717, 1.165) is 24.0 Å². The number of benzene rings is 2. The van der Waals surface area contributed by atoms with Gasteiger partial charge >= 0.3 is 5.97 Å². The summed E-state index contributed by atoms with van der Waals surface area (Å²) in [6, 6.07) is 16.9. The molecule has 1 N–H and O–H groups in total. The Balaban J connectivity index is 1.48. The van der Waals surface area contributed by atoms with Crippen molar-refractivity contribution in [3.8, 4) is 0 Å². The van der Waals surface area contributed by atoms with Crippen molar-refractivity contribution in [2.75, 3.05) is 0 Å². The topological polar surface area (TPSA) is 92.8 Å². The highest BCUT2D eigenvalue weighted by molar-refractivity contribution is 7.87. The Kier molecular flexibility index (Phi) is 7.40. The molecule has 2 aromatic carbocycles. The molecule has 0 bridgehead atoms. The molecule has 0 aromatic heterocycles. The molecule has 2 aliphatic heterocycles. The van der Waals surface area contributed by atoms with Crippen molar-refractivity contribution in [3.05, 3.63) is 71.8 Å². The summed E-state index contributed by atoms with van der Waals surface area (Å²) in [5.74, 6) is -1.28. The van der Waals surface area contributed by atoms with E-state index in [0.29, 0.717) is 6.42 Å². The van der Waals surface area contributed by atoms with Crippen LogP contribution in [0.3, 0.4) is 0 Å². The summed E-state index contributed by atoms with van der Waals surface area (Å²) >= 11 is 0. The molecule has 2 saturated heterocycles. The fourth-order valence-electron chi connectivity index (χ4n) is 4.84. The summed E-state index contributed by atoms with van der Waals surface area (Å²) in [4.78, 5) is 40.4. The van der Waals surface area contributed by atoms with Gasteiger partial charge in [0.05, 0.1) is 22.0 Å². The minimum atomic E-state index is -1.56. The van der Waals surface area contributed by atoms with Gasteiger partial charge in [-0.3, -0.25) is 13.8 Å². The molecule has 5 atom stereocenters. The second-order valence-electron chi connectivity index (χ2n) is 9.63. The highest BCUT2D eigenvalue weighted by Crippen LogP contribution is 2.44. The summed E-state index contributed by atoms with van der Waals surface area (Å²) in [5, 5.41) is 1.98. The molecule has 2 aliphatic rings. The van der Waals surface area contributed by atoms with Gasteiger partial charge < -0.3 is 15.0 Å². The van der Waals surface area contributed by atoms with E-state index in [1.807, 2.05) is 60.7 Å². The largest absolute Gasteiger partial charge is 0.456 e. The molecule has 0 radical (unpaired) electrons. The number of fused-ring (bicyclic) bond motifs is 1. The molecule has 2 fully saturated rings. The van der Waals surface area contributed by atoms with Gasteiger partial charge in [-0.2, -0.15) is 0 Å². The summed E-state index contributed by atoms with van der Waals surface area (Å²) < 4.78 is 18.3. The molecule has 2 aromatic rings. The first-order chi connectivity index (χ1) is 16.8. The number of carbonyl (C=O) groups is 3. The molecule has 35 heavy (non-hydrogen) atoms. The monoisotopic (exact) mass is 496 g/mol. The second kappa shape index (κ2) is 10.3. The minimum Gasteiger partial charge on any atom is -0.456 e. The maximum Gasteiger partial charge on any atom is 0.331 e. The summed E-state index contributed by atoms with van der Waals surface area (Å²) in [5.41, 5.74) is 1.71. The van der Waals surface area contributed by atoms with Crippen molar-refractivity contribution >= 4 is 28.6 Å². The molecule has 7 nitrogen and oxygen atoms in total. The van der Waals surface area contributed by atoms with Gasteiger partial charge in [-0.15, -0.1) is 0 Å². The minimum absolute atomic E-state index is 0.120. The number of nitrogens with zero attached hydrogens (tertiary/aromatic N) is 1. The third kappa shape index (κ3) is 4.89. The Morgan fingerprint density at radius 2 is 1.71 bits per heavy atom. The van der Waals surface area contributed by atoms with Crippen LogP contribution in [0.1, 0.15) is 57.3 Å². The number of unbranched alkanes of at least 4 members (excludes halogenated alkanes) is 1. The van der Waals surface area contributed by atoms with Crippen molar-refractivity contribution in [2.45, 2.75) is 74.8 Å². The van der Waals surface area contributed by atoms with Crippen molar-refractivity contribution in [3.63, 3.8) is 0 Å². The van der Waals surface area contributed by atoms with Crippen molar-refractivity contribution in [1.82, 2.24) is 10.2 Å². The van der Waals surface area contributed by atoms with Crippen LogP contribution in [-0.2, 0) is 36.3 Å². The zero-order valence-electron chi connectivity index (χ0n) is 20.3. The molecule has 2 amide bonds. The molecule has 0 aliphatic carbocycles. The number of ether oxygens (including phenoxy) is 1. The Hall–Kier alpha value is -3.00. The normalized spacial score (nSPS) is 25.3. The van der Waals surface area contributed by atoms with Crippen LogP contribution >= 0.6 is 0 Å². The van der Waals surface area contributed by atoms with Gasteiger partial charge in [0.1, 0.15) is 23.6 Å². The molecule has 2 heterocycles. The second-order valence-corrected chi connectivity index (χ2v) is 11.8. The lowest BCUT2D eigenvalue weighted by molar-refractivity contribution is -0.168. The van der Waals surface area contributed by atoms with E-state index >= 15 is 0 Å². The van der Waals surface area contributed by atoms with Crippen molar-refractivity contribution in [1.29, 1.82) is 0 Å². The van der Waals surface area contributed by atoms with Crippen LogP contribution in [0.4, 0.5) is 0 Å². The maximum absolute atomic E-state index is 13.4. The van der Waals surface area contributed by atoms with Gasteiger partial charge in [0.2, 0.25) is 11.8 Å². The van der Waals surface area contributed by atoms with Crippen LogP contribution in [0.2, 0.25) is 0 Å². The first-order valence-electron chi connectivity index (χ1n) is 12.1. The van der Waals surface area contributed by atoms with E-state index in [1.54, 1.807) is 13.8 Å². The number of hydrogen-bond acceptors (Lipinski definition) is 5. The molecule has 0 saturated carbocycles. The van der Waals surface area contributed by atoms with Gasteiger partial charge in [0, 0.05) is 0 Å². The van der Waals surface area contributed by atoms with Crippen LogP contribution in [-0.4, -0.2) is 49.1 Å². The number of rotatable bonds is 9. The Labute approximate surface area is 208 Å². The number of esters is 1. The van der Waals surface area contributed by atoms with Gasteiger partial charge in [0.15, 0.2) is 0 Å². The van der Waals surface area contributed by atoms with Gasteiger partial charge in [-0.05, 0) is 37.8 Å². The van der Waals surface area contributed by atoms with E-state index in [2.05, 4.69) is 12.2 Å². The van der Waals surface area contributed by atoms with Crippen molar-refractivity contribution < 1.29 is 23.3 Å². The third-order valence-corrected chi connectivity index (χ3v) is 8.95. The summed E-state index contributed by atoms with van der Waals surface area (Å²) in [7, 11) is -1.56. The zero-order chi connectivity index (χ0) is 25.2. The predicted octanol–water partition coefficient (Wildman–Crippen LogP) is 3.27. The van der Waals surface area contributed by atoms with Crippen molar-refractivity contribution in [2.24, 2.45) is 0 Å². The first-order valence-corrected chi connectivity index (χ1v) is 13.3. The lowest BCUT2D eigenvalue weighted by Crippen LogP contribution is -2.71. The van der Waals surface area contributed by atoms with Crippen LogP contribution < -0.4 is 5.32 Å². The van der Waals surface area contributed by atoms with Gasteiger partial charge in [-0.25, -0.2) is 4.79 Å². The smallest absolute Gasteiger partial charge is 0.331 e. The van der Waals surface area contributed by atoms with E-state index in [9.17, 15) is 18.6 Å². The zero-order valence-corrected chi connectivity index (χ0v) is 21.1. The molecule has 4 rings (SSSR count). The molecule has 4 unspecified atom stereocenters. The molecule has 0 spiro atoms. The highest BCUT2D eigenvalue weighted by atomic mass is 32.2. The summed E-state index contributed by atoms with van der Waals surface area (Å²) in [6.07, 6.45) is 2.18. The van der Waals surface area contributed by atoms with Crippen LogP contribution in [0.25, 0.3) is 0 Å². The number of carbonyl (C=O) groups excluding carboxylic acids is 3. The Morgan fingerprint density at radius 3 is 2.34 bits per heavy atom. The number of amides is 2. The van der Waals surface area contributed by atoms with Gasteiger partial charge in [0.25, 0.3) is 0 Å². The van der Waals surface area contributed by atoms with Crippen LogP contribution in [0, 0.1) is 0 Å². The van der Waals surface area contributed by atoms with Crippen LogP contribution in [0.15, 0.2) is 60.7 Å². The van der Waals surface area contributed by atoms with E-state index < -0.39 is 51.0 Å². The average Bonchev–Trinajstić information content (AvgIpc) is 3.04. The third-order valence-electron chi connectivity index (χ3n) is 6.75. The lowest BCUT2D eigenvalue weighted by Gasteiger charge is -2.43. The highest BCUT2D eigenvalue weighted by Gasteiger charge is 2.68. The fraction of sp³-hybridized carbons (Fsp3) is 0.444. The number of nitrogens with one attached hydrogen (secondary N) is 1. The predicted molar refractivity (Wildman–Crippen MR) is 134 cm³/mol. The summed E-state index contributed by atoms with van der Waals surface area (Å²) in [6.45, 7) is 5.50. The SMILES string of the molecule is CCCCC(OC(=O)C1N2C(=O)C(NC(=O)Cc3ccccc3)[C@H]2S(=O)C1(C)C)c1ccccc1. The maximum atomic E-state index is 13.4. The van der Waals surface area contributed by atoms with E-state index in [4.69, 9.17) is 4.74 Å². The Morgan fingerprint density at radius 1 is 1.09 bits per heavy atom. The number of β-lactam (4-membered cyclic amide) rings is 1. The number of hydrogen-bond donors (Lipinski definition) is 1. The quantitative estimate of drug-likeness (QED) is 0.425. The van der Waals surface area contributed by atoms with E-state index in [1.165, 1.54) is 4.90 Å². The first kappa shape index (κ1) is 25.1. The molecular weight excluding hydrogens is 464 g/mol. The fourth-order valence-corrected chi connectivity index (χ4v) is 6.75. The Bertz CT molecular complexity index is 1110. The standard InChI is InChI=1S/C27H32N2O5S/c1-4-5-16-20(19-14-10-7-11-15-19)34-26(32)23-27(2,3)35(33)25-22(24(31)29(23)25)28-21(30)17-18-12-8-6-9-13-18/h6-15,20,22-23,25H,4-5,16-17H2,1-3H3,(H,28,30)/t20?,22?,23?,25-,35?/m1/s1. The van der Waals surface area contributed by atoms with E-state index in [-0.39, 0.29) is 12.3 Å².